The number of benzene rings is 2. The van der Waals surface area contributed by atoms with Crippen LogP contribution in [0.4, 0.5) is 8.78 Å². The number of hydrogen-bond acceptors (Lipinski definition) is 2. The van der Waals surface area contributed by atoms with Crippen molar-refractivity contribution in [1.29, 1.82) is 0 Å². The van der Waals surface area contributed by atoms with Crippen LogP contribution in [0, 0.1) is 11.6 Å². The standard InChI is InChI=1S/C14H9BrF2O3/c15-11-5-9(16)6-12(17)13(11)20-7-8-3-1-2-4-10(8)14(18)19/h1-6H,7H2,(H,18,19). The first kappa shape index (κ1) is 14.5. The lowest BCUT2D eigenvalue weighted by Gasteiger charge is -2.11. The molecule has 2 rings (SSSR count). The fourth-order valence-corrected chi connectivity index (χ4v) is 2.19. The average Bonchev–Trinajstić information content (AvgIpc) is 2.37. The summed E-state index contributed by atoms with van der Waals surface area (Å²) < 4.78 is 31.9. The van der Waals surface area contributed by atoms with Gasteiger partial charge in [-0.25, -0.2) is 13.6 Å². The van der Waals surface area contributed by atoms with Crippen LogP contribution in [0.2, 0.25) is 0 Å². The third-order valence-corrected chi connectivity index (χ3v) is 3.17. The molecule has 0 fully saturated rings. The van der Waals surface area contributed by atoms with E-state index >= 15 is 0 Å². The SMILES string of the molecule is O=C(O)c1ccccc1COc1c(F)cc(F)cc1Br. The minimum atomic E-state index is -1.09. The minimum Gasteiger partial charge on any atom is -0.485 e. The maximum absolute atomic E-state index is 13.6. The summed E-state index contributed by atoms with van der Waals surface area (Å²) in [5.74, 6) is -2.84. The normalized spacial score (nSPS) is 10.3. The molecule has 0 bridgehead atoms. The number of carbonyl (C=O) groups is 1. The van der Waals surface area contributed by atoms with Gasteiger partial charge in [0.05, 0.1) is 10.0 Å². The van der Waals surface area contributed by atoms with Crippen LogP contribution in [0.15, 0.2) is 40.9 Å². The quantitative estimate of drug-likeness (QED) is 0.913. The fraction of sp³-hybridized carbons (Fsp3) is 0.0714. The van der Waals surface area contributed by atoms with Gasteiger partial charge in [0.15, 0.2) is 11.6 Å². The van der Waals surface area contributed by atoms with E-state index in [0.29, 0.717) is 11.6 Å². The maximum atomic E-state index is 13.6. The van der Waals surface area contributed by atoms with Crippen LogP contribution in [-0.4, -0.2) is 11.1 Å². The molecule has 0 unspecified atom stereocenters. The van der Waals surface area contributed by atoms with E-state index in [1.165, 1.54) is 6.07 Å². The van der Waals surface area contributed by atoms with Crippen LogP contribution < -0.4 is 4.74 Å². The Kier molecular flexibility index (Phi) is 4.34. The molecule has 2 aromatic carbocycles. The highest BCUT2D eigenvalue weighted by Gasteiger charge is 2.14. The van der Waals surface area contributed by atoms with Crippen molar-refractivity contribution in [2.45, 2.75) is 6.61 Å². The Morgan fingerprint density at radius 3 is 2.60 bits per heavy atom. The smallest absolute Gasteiger partial charge is 0.336 e. The molecule has 0 saturated heterocycles. The van der Waals surface area contributed by atoms with E-state index in [-0.39, 0.29) is 22.4 Å². The number of aromatic carboxylic acids is 1. The van der Waals surface area contributed by atoms with Crippen molar-refractivity contribution in [3.63, 3.8) is 0 Å². The molecule has 1 N–H and O–H groups in total. The Balaban J connectivity index is 2.24. The van der Waals surface area contributed by atoms with Gasteiger partial charge in [-0.1, -0.05) is 18.2 Å². The number of halogens is 3. The van der Waals surface area contributed by atoms with E-state index in [2.05, 4.69) is 15.9 Å². The first-order valence-corrected chi connectivity index (χ1v) is 6.37. The lowest BCUT2D eigenvalue weighted by molar-refractivity contribution is 0.0694. The van der Waals surface area contributed by atoms with Gasteiger partial charge in [0.25, 0.3) is 0 Å². The van der Waals surface area contributed by atoms with E-state index in [0.717, 1.165) is 6.07 Å². The number of carboxylic acid groups (broad SMARTS) is 1. The highest BCUT2D eigenvalue weighted by molar-refractivity contribution is 9.10. The molecule has 0 amide bonds. The molecule has 20 heavy (non-hydrogen) atoms. The third kappa shape index (κ3) is 3.14. The number of rotatable bonds is 4. The minimum absolute atomic E-state index is 0.0751. The van der Waals surface area contributed by atoms with Gasteiger partial charge in [-0.05, 0) is 28.1 Å². The molecule has 0 atom stereocenters. The van der Waals surface area contributed by atoms with Crippen molar-refractivity contribution < 1.29 is 23.4 Å². The van der Waals surface area contributed by atoms with E-state index in [4.69, 9.17) is 9.84 Å². The van der Waals surface area contributed by atoms with Crippen molar-refractivity contribution in [2.24, 2.45) is 0 Å². The molecular formula is C14H9BrF2O3. The second-order valence-corrected chi connectivity index (χ2v) is 4.80. The van der Waals surface area contributed by atoms with Crippen LogP contribution in [0.3, 0.4) is 0 Å². The zero-order chi connectivity index (χ0) is 14.7. The molecule has 0 aliphatic rings. The second-order valence-electron chi connectivity index (χ2n) is 3.95. The van der Waals surface area contributed by atoms with Crippen molar-refractivity contribution in [2.75, 3.05) is 0 Å². The van der Waals surface area contributed by atoms with Crippen molar-refractivity contribution in [1.82, 2.24) is 0 Å². The fourth-order valence-electron chi connectivity index (χ4n) is 1.67. The summed E-state index contributed by atoms with van der Waals surface area (Å²) in [6.45, 7) is -0.135. The van der Waals surface area contributed by atoms with Gasteiger partial charge in [0.1, 0.15) is 12.4 Å². The molecule has 3 nitrogen and oxygen atoms in total. The van der Waals surface area contributed by atoms with Gasteiger partial charge in [-0.15, -0.1) is 0 Å². The third-order valence-electron chi connectivity index (χ3n) is 2.58. The molecule has 6 heteroatoms. The molecule has 0 radical (unpaired) electrons. The summed E-state index contributed by atoms with van der Waals surface area (Å²) in [6.07, 6.45) is 0. The van der Waals surface area contributed by atoms with Crippen LogP contribution in [0.1, 0.15) is 15.9 Å². The molecule has 0 heterocycles. The number of ether oxygens (including phenoxy) is 1. The number of carboxylic acids is 1. The summed E-state index contributed by atoms with van der Waals surface area (Å²) in [5, 5.41) is 9.02. The monoisotopic (exact) mass is 342 g/mol. The van der Waals surface area contributed by atoms with Crippen LogP contribution in [0.5, 0.6) is 5.75 Å². The Morgan fingerprint density at radius 2 is 1.95 bits per heavy atom. The number of hydrogen-bond donors (Lipinski definition) is 1. The van der Waals surface area contributed by atoms with Gasteiger partial charge in [-0.2, -0.15) is 0 Å². The Morgan fingerprint density at radius 1 is 1.25 bits per heavy atom. The average molecular weight is 343 g/mol. The van der Waals surface area contributed by atoms with E-state index in [1.807, 2.05) is 0 Å². The van der Waals surface area contributed by atoms with E-state index < -0.39 is 17.6 Å². The molecule has 0 saturated carbocycles. The van der Waals surface area contributed by atoms with Gasteiger partial charge in [-0.3, -0.25) is 0 Å². The highest BCUT2D eigenvalue weighted by atomic mass is 79.9. The predicted molar refractivity (Wildman–Crippen MR) is 71.8 cm³/mol. The molecule has 0 aliphatic carbocycles. The van der Waals surface area contributed by atoms with Gasteiger partial charge in [0, 0.05) is 11.6 Å². The molecule has 2 aromatic rings. The zero-order valence-corrected chi connectivity index (χ0v) is 11.7. The van der Waals surface area contributed by atoms with Gasteiger partial charge in [0.2, 0.25) is 0 Å². The Bertz CT molecular complexity index is 636. The second kappa shape index (κ2) is 6.00. The summed E-state index contributed by atoms with van der Waals surface area (Å²) >= 11 is 3.00. The van der Waals surface area contributed by atoms with Crippen LogP contribution in [-0.2, 0) is 6.61 Å². The van der Waals surface area contributed by atoms with Gasteiger partial charge < -0.3 is 9.84 Å². The first-order chi connectivity index (χ1) is 9.49. The maximum Gasteiger partial charge on any atom is 0.336 e. The molecule has 0 aliphatic heterocycles. The van der Waals surface area contributed by atoms with Crippen molar-refractivity contribution in [3.8, 4) is 5.75 Å². The summed E-state index contributed by atoms with van der Waals surface area (Å²) in [6, 6.07) is 8.00. The summed E-state index contributed by atoms with van der Waals surface area (Å²) in [4.78, 5) is 11.0. The Labute approximate surface area is 121 Å². The van der Waals surface area contributed by atoms with E-state index in [1.54, 1.807) is 18.2 Å². The summed E-state index contributed by atoms with van der Waals surface area (Å²) in [7, 11) is 0. The molecular weight excluding hydrogens is 334 g/mol. The van der Waals surface area contributed by atoms with E-state index in [9.17, 15) is 13.6 Å². The van der Waals surface area contributed by atoms with Crippen LogP contribution in [0.25, 0.3) is 0 Å². The molecule has 0 spiro atoms. The topological polar surface area (TPSA) is 46.5 Å². The van der Waals surface area contributed by atoms with Crippen molar-refractivity contribution in [3.05, 3.63) is 63.6 Å². The molecule has 0 aromatic heterocycles. The lowest BCUT2D eigenvalue weighted by Crippen LogP contribution is -2.06. The van der Waals surface area contributed by atoms with Gasteiger partial charge >= 0.3 is 5.97 Å². The largest absolute Gasteiger partial charge is 0.485 e. The first-order valence-electron chi connectivity index (χ1n) is 5.57. The van der Waals surface area contributed by atoms with Crippen LogP contribution >= 0.6 is 15.9 Å². The summed E-state index contributed by atoms with van der Waals surface area (Å²) in [5.41, 5.74) is 0.474. The Hall–Kier alpha value is -1.95. The lowest BCUT2D eigenvalue weighted by atomic mass is 10.1. The zero-order valence-electron chi connectivity index (χ0n) is 10.1. The molecule has 104 valence electrons. The highest BCUT2D eigenvalue weighted by Crippen LogP contribution is 2.30. The predicted octanol–water partition coefficient (Wildman–Crippen LogP) is 4.00. The van der Waals surface area contributed by atoms with Crippen molar-refractivity contribution >= 4 is 21.9 Å².